The molecule has 1 amide bonds. The van der Waals surface area contributed by atoms with E-state index in [9.17, 15) is 4.79 Å². The van der Waals surface area contributed by atoms with Gasteiger partial charge in [-0.15, -0.1) is 0 Å². The van der Waals surface area contributed by atoms with Crippen molar-refractivity contribution in [2.75, 3.05) is 11.4 Å². The van der Waals surface area contributed by atoms with E-state index >= 15 is 0 Å². The van der Waals surface area contributed by atoms with Crippen LogP contribution < -0.4 is 9.64 Å². The molecule has 2 rings (SSSR count). The lowest BCUT2D eigenvalue weighted by Gasteiger charge is -2.32. The molecule has 0 saturated heterocycles. The molecule has 0 fully saturated rings. The van der Waals surface area contributed by atoms with Gasteiger partial charge < -0.3 is 9.64 Å². The van der Waals surface area contributed by atoms with Crippen LogP contribution in [0.15, 0.2) is 24.3 Å². The molecule has 0 radical (unpaired) electrons. The van der Waals surface area contributed by atoms with Gasteiger partial charge in [0.2, 0.25) is 0 Å². The van der Waals surface area contributed by atoms with Gasteiger partial charge >= 0.3 is 0 Å². The summed E-state index contributed by atoms with van der Waals surface area (Å²) in [6, 6.07) is 7.68. The Kier molecular flexibility index (Phi) is 2.62. The number of ether oxygens (including phenoxy) is 1. The summed E-state index contributed by atoms with van der Waals surface area (Å²) in [5.74, 6) is 0.855. The van der Waals surface area contributed by atoms with Gasteiger partial charge in [-0.05, 0) is 25.5 Å². The fourth-order valence-electron chi connectivity index (χ4n) is 1.81. The Morgan fingerprint density at radius 2 is 2.13 bits per heavy atom. The second kappa shape index (κ2) is 3.93. The normalized spacial score (nSPS) is 19.7. The van der Waals surface area contributed by atoms with Gasteiger partial charge in [-0.3, -0.25) is 4.79 Å². The van der Waals surface area contributed by atoms with Gasteiger partial charge in [0.1, 0.15) is 5.75 Å². The quantitative estimate of drug-likeness (QED) is 0.740. The third kappa shape index (κ3) is 1.69. The molecule has 0 saturated carbocycles. The summed E-state index contributed by atoms with van der Waals surface area (Å²) >= 11 is 0. The van der Waals surface area contributed by atoms with Crippen LogP contribution in [0.3, 0.4) is 0 Å². The van der Waals surface area contributed by atoms with E-state index in [-0.39, 0.29) is 12.0 Å². The van der Waals surface area contributed by atoms with E-state index in [0.29, 0.717) is 0 Å². The molecule has 1 aromatic rings. The van der Waals surface area contributed by atoms with E-state index < -0.39 is 0 Å². The van der Waals surface area contributed by atoms with E-state index in [4.69, 9.17) is 4.74 Å². The van der Waals surface area contributed by atoms with Crippen molar-refractivity contribution in [3.63, 3.8) is 0 Å². The predicted octanol–water partition coefficient (Wildman–Crippen LogP) is 2.21. The van der Waals surface area contributed by atoms with Crippen LogP contribution in [0.5, 0.6) is 5.75 Å². The zero-order valence-electron chi connectivity index (χ0n) is 9.06. The number of carbonyl (C=O) groups excluding carboxylic acids is 1. The van der Waals surface area contributed by atoms with Crippen LogP contribution in [0.4, 0.5) is 5.69 Å². The van der Waals surface area contributed by atoms with Crippen molar-refractivity contribution >= 4 is 11.6 Å². The average Bonchev–Trinajstić information content (AvgIpc) is 2.25. The average molecular weight is 205 g/mol. The Morgan fingerprint density at radius 3 is 2.87 bits per heavy atom. The van der Waals surface area contributed by atoms with Gasteiger partial charge in [0, 0.05) is 6.54 Å². The van der Waals surface area contributed by atoms with Crippen LogP contribution in [0, 0.1) is 0 Å². The lowest BCUT2D eigenvalue weighted by molar-refractivity contribution is -0.125. The van der Waals surface area contributed by atoms with Crippen LogP contribution in [0.25, 0.3) is 0 Å². The molecular weight excluding hydrogens is 190 g/mol. The molecular formula is C12H15NO2. The number of hydrogen-bond acceptors (Lipinski definition) is 2. The largest absolute Gasteiger partial charge is 0.479 e. The standard InChI is InChI=1S/C12H15NO2/c1-3-8-13-10-6-4-5-7-11(10)15-9(2)12(13)14/h4-7,9H,3,8H2,1-2H3. The van der Waals surface area contributed by atoms with E-state index in [0.717, 1.165) is 24.4 Å². The highest BCUT2D eigenvalue weighted by atomic mass is 16.5. The maximum absolute atomic E-state index is 11.9. The first-order chi connectivity index (χ1) is 7.24. The lowest BCUT2D eigenvalue weighted by Crippen LogP contribution is -2.44. The highest BCUT2D eigenvalue weighted by molar-refractivity contribution is 5.99. The summed E-state index contributed by atoms with van der Waals surface area (Å²) in [6.07, 6.45) is 0.582. The maximum atomic E-state index is 11.9. The molecule has 0 spiro atoms. The molecule has 1 aliphatic heterocycles. The van der Waals surface area contributed by atoms with Gasteiger partial charge in [-0.25, -0.2) is 0 Å². The van der Waals surface area contributed by atoms with Crippen LogP contribution in [0.2, 0.25) is 0 Å². The number of rotatable bonds is 2. The number of fused-ring (bicyclic) bond motifs is 1. The highest BCUT2D eigenvalue weighted by Gasteiger charge is 2.30. The topological polar surface area (TPSA) is 29.5 Å². The van der Waals surface area contributed by atoms with Crippen LogP contribution >= 0.6 is 0 Å². The van der Waals surface area contributed by atoms with Gasteiger partial charge in [0.05, 0.1) is 5.69 Å². The number of anilines is 1. The molecule has 1 heterocycles. The Balaban J connectivity index is 2.40. The molecule has 0 bridgehead atoms. The number of nitrogens with zero attached hydrogens (tertiary/aromatic N) is 1. The fraction of sp³-hybridized carbons (Fsp3) is 0.417. The molecule has 3 nitrogen and oxygen atoms in total. The zero-order valence-corrected chi connectivity index (χ0v) is 9.06. The van der Waals surface area contributed by atoms with Gasteiger partial charge in [-0.1, -0.05) is 19.1 Å². The summed E-state index contributed by atoms with van der Waals surface area (Å²) in [5, 5.41) is 0. The first-order valence-corrected chi connectivity index (χ1v) is 5.31. The second-order valence-corrected chi connectivity index (χ2v) is 3.72. The molecule has 1 aliphatic rings. The Labute approximate surface area is 89.7 Å². The molecule has 80 valence electrons. The lowest BCUT2D eigenvalue weighted by atomic mass is 10.2. The Bertz CT molecular complexity index is 376. The maximum Gasteiger partial charge on any atom is 0.267 e. The molecule has 0 aromatic heterocycles. The van der Waals surface area contributed by atoms with Crippen molar-refractivity contribution in [2.24, 2.45) is 0 Å². The third-order valence-electron chi connectivity index (χ3n) is 2.52. The molecule has 1 atom stereocenters. The predicted molar refractivity (Wildman–Crippen MR) is 59.2 cm³/mol. The molecule has 1 unspecified atom stereocenters. The Morgan fingerprint density at radius 1 is 1.40 bits per heavy atom. The van der Waals surface area contributed by atoms with Crippen molar-refractivity contribution in [1.82, 2.24) is 0 Å². The summed E-state index contributed by atoms with van der Waals surface area (Å²) in [7, 11) is 0. The Hall–Kier alpha value is -1.51. The highest BCUT2D eigenvalue weighted by Crippen LogP contribution is 2.33. The van der Waals surface area contributed by atoms with Crippen molar-refractivity contribution in [3.8, 4) is 5.75 Å². The molecule has 3 heteroatoms. The van der Waals surface area contributed by atoms with Gasteiger partial charge in [0.25, 0.3) is 5.91 Å². The van der Waals surface area contributed by atoms with Crippen molar-refractivity contribution < 1.29 is 9.53 Å². The summed E-state index contributed by atoms with van der Waals surface area (Å²) in [5.41, 5.74) is 0.891. The SMILES string of the molecule is CCCN1C(=O)C(C)Oc2ccccc21. The van der Waals surface area contributed by atoms with E-state index in [2.05, 4.69) is 6.92 Å². The molecule has 15 heavy (non-hydrogen) atoms. The minimum atomic E-state index is -0.369. The van der Waals surface area contributed by atoms with E-state index in [1.807, 2.05) is 29.2 Å². The first kappa shape index (κ1) is 10.0. The second-order valence-electron chi connectivity index (χ2n) is 3.72. The smallest absolute Gasteiger partial charge is 0.267 e. The minimum Gasteiger partial charge on any atom is -0.479 e. The van der Waals surface area contributed by atoms with Crippen LogP contribution in [0.1, 0.15) is 20.3 Å². The van der Waals surface area contributed by atoms with Gasteiger partial charge in [0.15, 0.2) is 6.10 Å². The number of amides is 1. The van der Waals surface area contributed by atoms with Crippen molar-refractivity contribution in [2.45, 2.75) is 26.4 Å². The van der Waals surface area contributed by atoms with Crippen molar-refractivity contribution in [1.29, 1.82) is 0 Å². The number of para-hydroxylation sites is 2. The number of carbonyl (C=O) groups is 1. The fourth-order valence-corrected chi connectivity index (χ4v) is 1.81. The number of benzene rings is 1. The number of hydrogen-bond donors (Lipinski definition) is 0. The summed E-state index contributed by atoms with van der Waals surface area (Å²) in [6.45, 7) is 4.61. The third-order valence-corrected chi connectivity index (χ3v) is 2.52. The van der Waals surface area contributed by atoms with Crippen LogP contribution in [-0.2, 0) is 4.79 Å². The van der Waals surface area contributed by atoms with E-state index in [1.165, 1.54) is 0 Å². The summed E-state index contributed by atoms with van der Waals surface area (Å²) < 4.78 is 5.53. The molecule has 0 N–H and O–H groups in total. The van der Waals surface area contributed by atoms with Crippen molar-refractivity contribution in [3.05, 3.63) is 24.3 Å². The molecule has 0 aliphatic carbocycles. The van der Waals surface area contributed by atoms with Gasteiger partial charge in [-0.2, -0.15) is 0 Å². The summed E-state index contributed by atoms with van der Waals surface area (Å²) in [4.78, 5) is 13.7. The van der Waals surface area contributed by atoms with Crippen LogP contribution in [-0.4, -0.2) is 18.6 Å². The zero-order chi connectivity index (χ0) is 10.8. The minimum absolute atomic E-state index is 0.0514. The monoisotopic (exact) mass is 205 g/mol. The first-order valence-electron chi connectivity index (χ1n) is 5.31. The van der Waals surface area contributed by atoms with E-state index in [1.54, 1.807) is 6.92 Å². The molecule has 1 aromatic carbocycles.